The second-order valence-corrected chi connectivity index (χ2v) is 2.82. The van der Waals surface area contributed by atoms with E-state index in [4.69, 9.17) is 4.74 Å². The maximum Gasteiger partial charge on any atom is 0.414 e. The number of hydrogen-bond acceptors (Lipinski definition) is 2. The zero-order valence-corrected chi connectivity index (χ0v) is 7.76. The van der Waals surface area contributed by atoms with Crippen LogP contribution >= 0.6 is 0 Å². The molecular weight excluding hydrogens is 142 g/mol. The highest BCUT2D eigenvalue weighted by molar-refractivity contribution is 5.68. The summed E-state index contributed by atoms with van der Waals surface area (Å²) >= 11 is 0. The molecule has 0 spiro atoms. The fourth-order valence-electron chi connectivity index (χ4n) is 0.324. The molecule has 11 heavy (non-hydrogen) atoms. The van der Waals surface area contributed by atoms with Gasteiger partial charge in [-0.3, -0.25) is 0 Å². The minimum absolute atomic E-state index is 0.330. The van der Waals surface area contributed by atoms with Crippen molar-refractivity contribution in [2.45, 2.75) is 20.8 Å². The normalized spacial score (nSPS) is 8.82. The standard InChI is InChI=1S/C8H15NO2/c1-6(2)7(3)11-8(10)9(4)5/h1-5H3. The van der Waals surface area contributed by atoms with Gasteiger partial charge in [-0.2, -0.15) is 0 Å². The van der Waals surface area contributed by atoms with Gasteiger partial charge < -0.3 is 9.64 Å². The van der Waals surface area contributed by atoms with Gasteiger partial charge in [-0.15, -0.1) is 0 Å². The summed E-state index contributed by atoms with van der Waals surface area (Å²) in [7, 11) is 3.31. The van der Waals surface area contributed by atoms with Crippen molar-refractivity contribution in [2.24, 2.45) is 0 Å². The van der Waals surface area contributed by atoms with Crippen LogP contribution in [0.4, 0.5) is 4.79 Å². The van der Waals surface area contributed by atoms with Crippen molar-refractivity contribution in [3.63, 3.8) is 0 Å². The lowest BCUT2D eigenvalue weighted by Gasteiger charge is -2.11. The minimum Gasteiger partial charge on any atom is -0.415 e. The van der Waals surface area contributed by atoms with Gasteiger partial charge in [0.25, 0.3) is 0 Å². The number of amides is 1. The first-order chi connectivity index (χ1) is 4.95. The molecule has 0 saturated carbocycles. The largest absolute Gasteiger partial charge is 0.415 e. The van der Waals surface area contributed by atoms with Crippen molar-refractivity contribution >= 4 is 6.09 Å². The van der Waals surface area contributed by atoms with Crippen molar-refractivity contribution in [3.8, 4) is 0 Å². The molecule has 0 radical (unpaired) electrons. The van der Waals surface area contributed by atoms with E-state index in [1.54, 1.807) is 21.0 Å². The van der Waals surface area contributed by atoms with Crippen LogP contribution in [0.15, 0.2) is 11.3 Å². The van der Waals surface area contributed by atoms with Crippen LogP contribution in [0.1, 0.15) is 20.8 Å². The van der Waals surface area contributed by atoms with Gasteiger partial charge in [-0.1, -0.05) is 0 Å². The molecule has 0 aromatic carbocycles. The Morgan fingerprint density at radius 2 is 1.64 bits per heavy atom. The second kappa shape index (κ2) is 4.01. The van der Waals surface area contributed by atoms with Gasteiger partial charge in [0.15, 0.2) is 0 Å². The molecule has 64 valence electrons. The summed E-state index contributed by atoms with van der Waals surface area (Å²) in [4.78, 5) is 12.3. The number of hydrogen-bond donors (Lipinski definition) is 0. The lowest BCUT2D eigenvalue weighted by Crippen LogP contribution is -2.22. The Labute approximate surface area is 67.6 Å². The SMILES string of the molecule is CC(C)=C(C)OC(=O)N(C)C. The van der Waals surface area contributed by atoms with E-state index in [2.05, 4.69) is 0 Å². The first-order valence-corrected chi connectivity index (χ1v) is 3.48. The maximum absolute atomic E-state index is 10.9. The number of rotatable bonds is 1. The summed E-state index contributed by atoms with van der Waals surface area (Å²) in [6.07, 6.45) is -0.330. The predicted octanol–water partition coefficient (Wildman–Crippen LogP) is 2.00. The molecule has 0 fully saturated rings. The Hall–Kier alpha value is -0.990. The first-order valence-electron chi connectivity index (χ1n) is 3.48. The molecule has 0 unspecified atom stereocenters. The summed E-state index contributed by atoms with van der Waals surface area (Å²) in [5.41, 5.74) is 1.01. The van der Waals surface area contributed by atoms with Gasteiger partial charge in [-0.25, -0.2) is 4.79 Å². The van der Waals surface area contributed by atoms with Crippen LogP contribution < -0.4 is 0 Å². The van der Waals surface area contributed by atoms with E-state index < -0.39 is 0 Å². The smallest absolute Gasteiger partial charge is 0.414 e. The lowest BCUT2D eigenvalue weighted by molar-refractivity contribution is 0.146. The minimum atomic E-state index is -0.330. The summed E-state index contributed by atoms with van der Waals surface area (Å²) < 4.78 is 4.94. The molecule has 0 bridgehead atoms. The molecule has 0 aromatic heterocycles. The van der Waals surface area contributed by atoms with Crippen LogP contribution in [0, 0.1) is 0 Å². The Morgan fingerprint density at radius 3 is 1.91 bits per heavy atom. The van der Waals surface area contributed by atoms with Gasteiger partial charge in [0.2, 0.25) is 0 Å². The van der Waals surface area contributed by atoms with Crippen LogP contribution in [0.2, 0.25) is 0 Å². The van der Waals surface area contributed by atoms with E-state index in [0.29, 0.717) is 5.76 Å². The van der Waals surface area contributed by atoms with E-state index in [9.17, 15) is 4.79 Å². The van der Waals surface area contributed by atoms with E-state index in [0.717, 1.165) is 5.57 Å². The Balaban J connectivity index is 4.07. The average Bonchev–Trinajstić information content (AvgIpc) is 1.87. The summed E-state index contributed by atoms with van der Waals surface area (Å²) in [6.45, 7) is 5.58. The number of ether oxygens (including phenoxy) is 1. The highest BCUT2D eigenvalue weighted by Crippen LogP contribution is 2.04. The van der Waals surface area contributed by atoms with Crippen molar-refractivity contribution in [3.05, 3.63) is 11.3 Å². The Kier molecular flexibility index (Phi) is 3.65. The lowest BCUT2D eigenvalue weighted by atomic mass is 10.3. The predicted molar refractivity (Wildman–Crippen MR) is 44.2 cm³/mol. The zero-order chi connectivity index (χ0) is 9.02. The highest BCUT2D eigenvalue weighted by atomic mass is 16.6. The number of allylic oxidation sites excluding steroid dienone is 2. The summed E-state index contributed by atoms with van der Waals surface area (Å²) in [5.74, 6) is 0.670. The maximum atomic E-state index is 10.9. The molecule has 0 atom stereocenters. The van der Waals surface area contributed by atoms with Gasteiger partial charge in [0.1, 0.15) is 5.76 Å². The zero-order valence-electron chi connectivity index (χ0n) is 7.76. The molecule has 1 amide bonds. The van der Waals surface area contributed by atoms with Crippen molar-refractivity contribution in [1.29, 1.82) is 0 Å². The van der Waals surface area contributed by atoms with E-state index in [-0.39, 0.29) is 6.09 Å². The molecule has 0 aromatic rings. The van der Waals surface area contributed by atoms with Crippen LogP contribution in [0.25, 0.3) is 0 Å². The molecule has 0 saturated heterocycles. The summed E-state index contributed by atoms with van der Waals surface area (Å²) in [5, 5.41) is 0. The molecule has 3 heteroatoms. The Morgan fingerprint density at radius 1 is 1.18 bits per heavy atom. The molecule has 0 aliphatic rings. The van der Waals surface area contributed by atoms with Crippen LogP contribution in [-0.2, 0) is 4.74 Å². The fraction of sp³-hybridized carbons (Fsp3) is 0.625. The Bertz CT molecular complexity index is 179. The van der Waals surface area contributed by atoms with Gasteiger partial charge in [0.05, 0.1) is 0 Å². The van der Waals surface area contributed by atoms with Crippen molar-refractivity contribution in [1.82, 2.24) is 4.90 Å². The van der Waals surface area contributed by atoms with Crippen LogP contribution in [-0.4, -0.2) is 25.1 Å². The van der Waals surface area contributed by atoms with Crippen molar-refractivity contribution < 1.29 is 9.53 Å². The van der Waals surface area contributed by atoms with E-state index in [1.165, 1.54) is 4.90 Å². The van der Waals surface area contributed by atoms with E-state index in [1.807, 2.05) is 13.8 Å². The molecule has 0 aliphatic heterocycles. The van der Waals surface area contributed by atoms with Crippen LogP contribution in [0.3, 0.4) is 0 Å². The fourth-order valence-corrected chi connectivity index (χ4v) is 0.324. The van der Waals surface area contributed by atoms with Gasteiger partial charge >= 0.3 is 6.09 Å². The number of carbonyl (C=O) groups is 1. The molecule has 0 heterocycles. The molecule has 0 N–H and O–H groups in total. The highest BCUT2D eigenvalue weighted by Gasteiger charge is 2.05. The monoisotopic (exact) mass is 157 g/mol. The third-order valence-electron chi connectivity index (χ3n) is 1.31. The second-order valence-electron chi connectivity index (χ2n) is 2.82. The quantitative estimate of drug-likeness (QED) is 0.545. The number of nitrogens with zero attached hydrogens (tertiary/aromatic N) is 1. The van der Waals surface area contributed by atoms with Crippen molar-refractivity contribution in [2.75, 3.05) is 14.1 Å². The van der Waals surface area contributed by atoms with Gasteiger partial charge in [-0.05, 0) is 26.3 Å². The topological polar surface area (TPSA) is 29.5 Å². The molecule has 3 nitrogen and oxygen atoms in total. The molecular formula is C8H15NO2. The molecule has 0 aliphatic carbocycles. The van der Waals surface area contributed by atoms with Crippen LogP contribution in [0.5, 0.6) is 0 Å². The van der Waals surface area contributed by atoms with Gasteiger partial charge in [0, 0.05) is 14.1 Å². The molecule has 0 rings (SSSR count). The first kappa shape index (κ1) is 10.0. The van der Waals surface area contributed by atoms with E-state index >= 15 is 0 Å². The summed E-state index contributed by atoms with van der Waals surface area (Å²) in [6, 6.07) is 0. The third-order valence-corrected chi connectivity index (χ3v) is 1.31. The number of carbonyl (C=O) groups excluding carboxylic acids is 1. The third kappa shape index (κ3) is 3.65. The average molecular weight is 157 g/mol.